The molecule has 1 N–H and O–H groups in total. The van der Waals surface area contributed by atoms with E-state index in [0.717, 1.165) is 37.1 Å². The Hall–Kier alpha value is -0.930. The maximum absolute atomic E-state index is 13.6. The van der Waals surface area contributed by atoms with Gasteiger partial charge in [-0.3, -0.25) is 0 Å². The van der Waals surface area contributed by atoms with E-state index in [-0.39, 0.29) is 11.4 Å². The second-order valence-corrected chi connectivity index (χ2v) is 6.50. The smallest absolute Gasteiger partial charge is 0.129 e. The minimum atomic E-state index is -0.0757. The van der Waals surface area contributed by atoms with Crippen LogP contribution in [-0.2, 0) is 11.3 Å². The number of aryl methyl sites for hydroxylation is 2. The minimum Gasteiger partial charge on any atom is -0.375 e. The summed E-state index contributed by atoms with van der Waals surface area (Å²) in [6.45, 7) is 5.37. The van der Waals surface area contributed by atoms with E-state index >= 15 is 0 Å². The number of halogens is 1. The van der Waals surface area contributed by atoms with Gasteiger partial charge in [-0.25, -0.2) is 4.39 Å². The highest BCUT2D eigenvalue weighted by Gasteiger charge is 2.42. The maximum Gasteiger partial charge on any atom is 0.129 e. The molecule has 1 aromatic carbocycles. The number of nitrogens with one attached hydrogen (secondary N) is 1. The van der Waals surface area contributed by atoms with Gasteiger partial charge in [-0.1, -0.05) is 12.1 Å². The van der Waals surface area contributed by atoms with Gasteiger partial charge in [0.15, 0.2) is 0 Å². The number of benzene rings is 1. The zero-order valence-corrected chi connectivity index (χ0v) is 12.5. The standard InChI is InChI=1S/C17H24FNO/c1-12-8-14(9-13(2)16(12)18)11-19-15-4-7-20-17(10-15)5-3-6-17/h8-9,15,19H,3-7,10-11H2,1-2H3. The van der Waals surface area contributed by atoms with Crippen LogP contribution >= 0.6 is 0 Å². The first-order valence-electron chi connectivity index (χ1n) is 7.71. The van der Waals surface area contributed by atoms with Gasteiger partial charge in [0, 0.05) is 19.2 Å². The fourth-order valence-electron chi connectivity index (χ4n) is 3.52. The summed E-state index contributed by atoms with van der Waals surface area (Å²) in [5, 5.41) is 3.63. The highest BCUT2D eigenvalue weighted by Crippen LogP contribution is 2.42. The van der Waals surface area contributed by atoms with Gasteiger partial charge in [0.1, 0.15) is 5.82 Å². The van der Waals surface area contributed by atoms with Crippen molar-refractivity contribution in [2.24, 2.45) is 0 Å². The van der Waals surface area contributed by atoms with Crippen molar-refractivity contribution in [3.8, 4) is 0 Å². The average molecular weight is 277 g/mol. The topological polar surface area (TPSA) is 21.3 Å². The molecule has 1 unspecified atom stereocenters. The lowest BCUT2D eigenvalue weighted by molar-refractivity contribution is -0.135. The van der Waals surface area contributed by atoms with E-state index < -0.39 is 0 Å². The Kier molecular flexibility index (Phi) is 3.83. The zero-order valence-electron chi connectivity index (χ0n) is 12.5. The Morgan fingerprint density at radius 1 is 1.30 bits per heavy atom. The first kappa shape index (κ1) is 14.0. The van der Waals surface area contributed by atoms with E-state index in [1.54, 1.807) is 0 Å². The maximum atomic E-state index is 13.6. The lowest BCUT2D eigenvalue weighted by atomic mass is 9.74. The molecule has 1 aliphatic carbocycles. The van der Waals surface area contributed by atoms with Gasteiger partial charge in [0.25, 0.3) is 0 Å². The Balaban J connectivity index is 1.59. The third-order valence-electron chi connectivity index (χ3n) is 4.85. The molecule has 2 fully saturated rings. The molecule has 1 atom stereocenters. The van der Waals surface area contributed by atoms with Gasteiger partial charge in [0.05, 0.1) is 5.60 Å². The lowest BCUT2D eigenvalue weighted by Crippen LogP contribution is -2.50. The lowest BCUT2D eigenvalue weighted by Gasteiger charge is -2.47. The van der Waals surface area contributed by atoms with Crippen LogP contribution in [0, 0.1) is 19.7 Å². The Labute approximate surface area is 120 Å². The van der Waals surface area contributed by atoms with Crippen LogP contribution in [-0.4, -0.2) is 18.2 Å². The van der Waals surface area contributed by atoms with Crippen LogP contribution in [0.5, 0.6) is 0 Å². The van der Waals surface area contributed by atoms with Crippen LogP contribution in [0.15, 0.2) is 12.1 Å². The van der Waals surface area contributed by atoms with Crippen LogP contribution in [0.1, 0.15) is 48.8 Å². The van der Waals surface area contributed by atoms with Crippen LogP contribution in [0.4, 0.5) is 4.39 Å². The number of rotatable bonds is 3. The summed E-state index contributed by atoms with van der Waals surface area (Å²) in [7, 11) is 0. The van der Waals surface area contributed by atoms with Crippen LogP contribution < -0.4 is 5.32 Å². The van der Waals surface area contributed by atoms with Crippen molar-refractivity contribution in [1.29, 1.82) is 0 Å². The van der Waals surface area contributed by atoms with E-state index in [2.05, 4.69) is 5.32 Å². The summed E-state index contributed by atoms with van der Waals surface area (Å²) in [5.74, 6) is -0.0757. The monoisotopic (exact) mass is 277 g/mol. The van der Waals surface area contributed by atoms with Crippen molar-refractivity contribution in [2.75, 3.05) is 6.61 Å². The normalized spacial score (nSPS) is 24.6. The molecule has 0 aromatic heterocycles. The summed E-state index contributed by atoms with van der Waals surface area (Å²) in [6, 6.07) is 4.44. The fraction of sp³-hybridized carbons (Fsp3) is 0.647. The van der Waals surface area contributed by atoms with Crippen LogP contribution in [0.2, 0.25) is 0 Å². The SMILES string of the molecule is Cc1cc(CNC2CCOC3(CCC3)C2)cc(C)c1F. The Morgan fingerprint density at radius 3 is 2.60 bits per heavy atom. The molecule has 1 spiro atoms. The molecule has 110 valence electrons. The summed E-state index contributed by atoms with van der Waals surface area (Å²) in [5.41, 5.74) is 2.84. The van der Waals surface area contributed by atoms with Crippen LogP contribution in [0.3, 0.4) is 0 Å². The van der Waals surface area contributed by atoms with Crippen molar-refractivity contribution in [1.82, 2.24) is 5.32 Å². The van der Waals surface area contributed by atoms with E-state index in [1.165, 1.54) is 24.8 Å². The number of hydrogen-bond donors (Lipinski definition) is 1. The molecule has 2 nitrogen and oxygen atoms in total. The van der Waals surface area contributed by atoms with Gasteiger partial charge < -0.3 is 10.1 Å². The Morgan fingerprint density at radius 2 is 2.00 bits per heavy atom. The highest BCUT2D eigenvalue weighted by atomic mass is 19.1. The molecule has 1 heterocycles. The minimum absolute atomic E-state index is 0.0757. The second kappa shape index (κ2) is 5.45. The molecule has 1 saturated carbocycles. The average Bonchev–Trinajstić information content (AvgIpc) is 2.41. The summed E-state index contributed by atoms with van der Waals surface area (Å²) < 4.78 is 19.6. The van der Waals surface area contributed by atoms with Gasteiger partial charge in [-0.15, -0.1) is 0 Å². The first-order chi connectivity index (χ1) is 9.58. The predicted octanol–water partition coefficient (Wildman–Crippen LogP) is 3.63. The third kappa shape index (κ3) is 2.75. The molecule has 2 aliphatic rings. The van der Waals surface area contributed by atoms with E-state index in [9.17, 15) is 4.39 Å². The van der Waals surface area contributed by atoms with Crippen molar-refractivity contribution >= 4 is 0 Å². The molecule has 1 aliphatic heterocycles. The number of ether oxygens (including phenoxy) is 1. The van der Waals surface area contributed by atoms with Crippen molar-refractivity contribution in [3.05, 3.63) is 34.6 Å². The van der Waals surface area contributed by atoms with Crippen molar-refractivity contribution in [2.45, 2.75) is 64.1 Å². The van der Waals surface area contributed by atoms with Crippen LogP contribution in [0.25, 0.3) is 0 Å². The van der Waals surface area contributed by atoms with Gasteiger partial charge >= 0.3 is 0 Å². The quantitative estimate of drug-likeness (QED) is 0.911. The molecule has 0 radical (unpaired) electrons. The Bertz CT molecular complexity index is 473. The highest BCUT2D eigenvalue weighted by molar-refractivity contribution is 5.30. The molecular formula is C17H24FNO. The summed E-state index contributed by atoms with van der Waals surface area (Å²) in [6.07, 6.45) is 5.97. The molecular weight excluding hydrogens is 253 g/mol. The molecule has 20 heavy (non-hydrogen) atoms. The molecule has 1 aromatic rings. The fourth-order valence-corrected chi connectivity index (χ4v) is 3.52. The first-order valence-corrected chi connectivity index (χ1v) is 7.71. The largest absolute Gasteiger partial charge is 0.375 e. The molecule has 0 bridgehead atoms. The third-order valence-corrected chi connectivity index (χ3v) is 4.85. The van der Waals surface area contributed by atoms with E-state index in [1.807, 2.05) is 26.0 Å². The summed E-state index contributed by atoms with van der Waals surface area (Å²) in [4.78, 5) is 0. The van der Waals surface area contributed by atoms with Gasteiger partial charge in [0.2, 0.25) is 0 Å². The summed E-state index contributed by atoms with van der Waals surface area (Å²) >= 11 is 0. The molecule has 1 saturated heterocycles. The molecule has 0 amide bonds. The van der Waals surface area contributed by atoms with Gasteiger partial charge in [-0.2, -0.15) is 0 Å². The van der Waals surface area contributed by atoms with Gasteiger partial charge in [-0.05, 0) is 62.6 Å². The number of hydrogen-bond acceptors (Lipinski definition) is 2. The van der Waals surface area contributed by atoms with Crippen molar-refractivity contribution in [3.63, 3.8) is 0 Å². The molecule has 3 heteroatoms. The van der Waals surface area contributed by atoms with E-state index in [4.69, 9.17) is 4.74 Å². The van der Waals surface area contributed by atoms with Crippen molar-refractivity contribution < 1.29 is 9.13 Å². The second-order valence-electron chi connectivity index (χ2n) is 6.50. The molecule has 3 rings (SSSR count). The predicted molar refractivity (Wildman–Crippen MR) is 78.3 cm³/mol. The zero-order chi connectivity index (χ0) is 14.2. The van der Waals surface area contributed by atoms with E-state index in [0.29, 0.717) is 6.04 Å².